The van der Waals surface area contributed by atoms with E-state index in [2.05, 4.69) is 0 Å². The van der Waals surface area contributed by atoms with Gasteiger partial charge >= 0.3 is 5.97 Å². The Kier molecular flexibility index (Phi) is 8.31. The molecular weight excluding hydrogens is 286 g/mol. The van der Waals surface area contributed by atoms with Crippen LogP contribution in [0, 0.1) is 11.3 Å². The molecule has 0 aromatic carbocycles. The molecule has 3 N–H and O–H groups in total. The Morgan fingerprint density at radius 2 is 1.91 bits per heavy atom. The Morgan fingerprint density at radius 3 is 2.45 bits per heavy atom. The molecule has 0 spiro atoms. The monoisotopic (exact) mass is 317 g/mol. The molecule has 130 valence electrons. The summed E-state index contributed by atoms with van der Waals surface area (Å²) in [6.45, 7) is 7.28. The molecule has 2 atom stereocenters. The summed E-state index contributed by atoms with van der Waals surface area (Å²) >= 11 is 0. The minimum absolute atomic E-state index is 0.0338. The number of aliphatic hydroxyl groups excluding tert-OH is 1. The first-order chi connectivity index (χ1) is 10.3. The Hall–Kier alpha value is -0.690. The molecule has 0 saturated carbocycles. The molecule has 0 bridgehead atoms. The van der Waals surface area contributed by atoms with Gasteiger partial charge in [-0.1, -0.05) is 0 Å². The van der Waals surface area contributed by atoms with Crippen LogP contribution in [0.5, 0.6) is 0 Å². The first-order valence-electron chi connectivity index (χ1n) is 8.13. The Morgan fingerprint density at radius 1 is 1.27 bits per heavy atom. The number of hydrogen-bond acceptors (Lipinski definition) is 6. The Balaban J connectivity index is 2.32. The second kappa shape index (κ2) is 9.45. The molecule has 0 amide bonds. The maximum absolute atomic E-state index is 11.7. The molecule has 1 rings (SSSR count). The highest BCUT2D eigenvalue weighted by atomic mass is 16.7. The lowest BCUT2D eigenvalue weighted by molar-refractivity contribution is -0.156. The molecule has 1 aliphatic heterocycles. The van der Waals surface area contributed by atoms with Crippen LogP contribution in [0.4, 0.5) is 0 Å². The number of esters is 1. The maximum Gasteiger partial charge on any atom is 0.311 e. The quantitative estimate of drug-likeness (QED) is 0.625. The summed E-state index contributed by atoms with van der Waals surface area (Å²) in [5.74, 6) is -0.0762. The van der Waals surface area contributed by atoms with Gasteiger partial charge in [-0.3, -0.25) is 4.79 Å². The van der Waals surface area contributed by atoms with Crippen LogP contribution in [0.25, 0.3) is 0 Å². The minimum Gasteiger partial charge on any atom is -0.463 e. The lowest BCUT2D eigenvalue weighted by atomic mass is 9.95. The highest BCUT2D eigenvalue weighted by Crippen LogP contribution is 2.25. The van der Waals surface area contributed by atoms with E-state index in [0.29, 0.717) is 26.2 Å². The lowest BCUT2D eigenvalue weighted by Gasteiger charge is -2.23. The van der Waals surface area contributed by atoms with E-state index >= 15 is 0 Å². The van der Waals surface area contributed by atoms with Crippen molar-refractivity contribution in [3.63, 3.8) is 0 Å². The van der Waals surface area contributed by atoms with Crippen molar-refractivity contribution >= 4 is 5.97 Å². The highest BCUT2D eigenvalue weighted by Gasteiger charge is 2.28. The summed E-state index contributed by atoms with van der Waals surface area (Å²) in [5, 5.41) is 10.00. The zero-order valence-corrected chi connectivity index (χ0v) is 14.0. The SMILES string of the molecule is CC(C)(C)C(=O)OCC(O)CCC(CCCN)C1OCCO1. The molecule has 0 radical (unpaired) electrons. The van der Waals surface area contributed by atoms with Gasteiger partial charge in [0.05, 0.1) is 24.7 Å². The molecular formula is C16H31NO5. The van der Waals surface area contributed by atoms with Crippen LogP contribution in [0.2, 0.25) is 0 Å². The Bertz CT molecular complexity index is 323. The van der Waals surface area contributed by atoms with Crippen LogP contribution in [0.3, 0.4) is 0 Å². The molecule has 1 saturated heterocycles. The third-order valence-corrected chi connectivity index (χ3v) is 3.70. The molecule has 6 heteroatoms. The first kappa shape index (κ1) is 19.4. The van der Waals surface area contributed by atoms with Crippen molar-refractivity contribution in [1.82, 2.24) is 0 Å². The van der Waals surface area contributed by atoms with Gasteiger partial charge in [0.25, 0.3) is 0 Å². The molecule has 2 unspecified atom stereocenters. The molecule has 0 aliphatic carbocycles. The van der Waals surface area contributed by atoms with E-state index < -0.39 is 11.5 Å². The third-order valence-electron chi connectivity index (χ3n) is 3.70. The topological polar surface area (TPSA) is 91.0 Å². The van der Waals surface area contributed by atoms with Gasteiger partial charge in [-0.15, -0.1) is 0 Å². The van der Waals surface area contributed by atoms with Gasteiger partial charge in [0, 0.05) is 5.92 Å². The number of rotatable bonds is 9. The average molecular weight is 317 g/mol. The standard InChI is InChI=1S/C16H31NO5/c1-16(2,3)15(19)22-11-13(18)7-6-12(5-4-8-17)14-20-9-10-21-14/h12-14,18H,4-11,17H2,1-3H3. The number of nitrogens with two attached hydrogens (primary N) is 1. The van der Waals surface area contributed by atoms with Crippen molar-refractivity contribution in [2.75, 3.05) is 26.4 Å². The molecule has 0 aromatic heterocycles. The zero-order chi connectivity index (χ0) is 16.6. The van der Waals surface area contributed by atoms with Crippen LogP contribution in [0.1, 0.15) is 46.5 Å². The Labute approximate surface area is 133 Å². The summed E-state index contributed by atoms with van der Waals surface area (Å²) in [5.41, 5.74) is 5.02. The number of ether oxygens (including phenoxy) is 3. The average Bonchev–Trinajstić information content (AvgIpc) is 2.97. The zero-order valence-electron chi connectivity index (χ0n) is 14.0. The molecule has 0 aromatic rings. The van der Waals surface area contributed by atoms with E-state index in [1.807, 2.05) is 0 Å². The fourth-order valence-corrected chi connectivity index (χ4v) is 2.32. The lowest BCUT2D eigenvalue weighted by Crippen LogP contribution is -2.28. The van der Waals surface area contributed by atoms with E-state index in [1.165, 1.54) is 0 Å². The summed E-state index contributed by atoms with van der Waals surface area (Å²) in [6, 6.07) is 0. The van der Waals surface area contributed by atoms with Gasteiger partial charge in [0.15, 0.2) is 6.29 Å². The van der Waals surface area contributed by atoms with Gasteiger partial charge in [-0.2, -0.15) is 0 Å². The summed E-state index contributed by atoms with van der Waals surface area (Å²) in [7, 11) is 0. The number of carbonyl (C=O) groups excluding carboxylic acids is 1. The molecule has 1 aliphatic rings. The van der Waals surface area contributed by atoms with E-state index in [0.717, 1.165) is 19.3 Å². The predicted octanol–water partition coefficient (Wildman–Crippen LogP) is 1.44. The predicted molar refractivity (Wildman–Crippen MR) is 83.1 cm³/mol. The highest BCUT2D eigenvalue weighted by molar-refractivity contribution is 5.75. The van der Waals surface area contributed by atoms with E-state index in [4.69, 9.17) is 19.9 Å². The van der Waals surface area contributed by atoms with Crippen LogP contribution in [0.15, 0.2) is 0 Å². The van der Waals surface area contributed by atoms with Crippen molar-refractivity contribution < 1.29 is 24.1 Å². The normalized spacial score (nSPS) is 19.1. The van der Waals surface area contributed by atoms with Crippen LogP contribution >= 0.6 is 0 Å². The largest absolute Gasteiger partial charge is 0.463 e. The van der Waals surface area contributed by atoms with Gasteiger partial charge in [-0.25, -0.2) is 0 Å². The smallest absolute Gasteiger partial charge is 0.311 e. The minimum atomic E-state index is -0.659. The van der Waals surface area contributed by atoms with Gasteiger partial charge in [-0.05, 0) is 53.0 Å². The summed E-state index contributed by atoms with van der Waals surface area (Å²) in [4.78, 5) is 11.7. The van der Waals surface area contributed by atoms with E-state index in [9.17, 15) is 9.90 Å². The van der Waals surface area contributed by atoms with Gasteiger partial charge in [0.2, 0.25) is 0 Å². The van der Waals surface area contributed by atoms with Gasteiger partial charge in [0.1, 0.15) is 6.61 Å². The second-order valence-corrected chi connectivity index (χ2v) is 6.88. The van der Waals surface area contributed by atoms with Crippen molar-refractivity contribution in [2.24, 2.45) is 17.1 Å². The maximum atomic E-state index is 11.7. The first-order valence-corrected chi connectivity index (χ1v) is 8.13. The number of carbonyl (C=O) groups is 1. The van der Waals surface area contributed by atoms with Crippen molar-refractivity contribution in [3.05, 3.63) is 0 Å². The summed E-state index contributed by atoms with van der Waals surface area (Å²) < 4.78 is 16.3. The van der Waals surface area contributed by atoms with Crippen molar-refractivity contribution in [3.8, 4) is 0 Å². The fourth-order valence-electron chi connectivity index (χ4n) is 2.32. The van der Waals surface area contributed by atoms with Crippen LogP contribution < -0.4 is 5.73 Å². The molecule has 1 heterocycles. The van der Waals surface area contributed by atoms with E-state index in [1.54, 1.807) is 20.8 Å². The molecule has 22 heavy (non-hydrogen) atoms. The van der Waals surface area contributed by atoms with Crippen LogP contribution in [-0.2, 0) is 19.0 Å². The second-order valence-electron chi connectivity index (χ2n) is 6.88. The third kappa shape index (κ3) is 7.05. The number of aliphatic hydroxyl groups is 1. The van der Waals surface area contributed by atoms with E-state index in [-0.39, 0.29) is 24.8 Å². The van der Waals surface area contributed by atoms with Crippen molar-refractivity contribution in [2.45, 2.75) is 58.8 Å². The number of hydrogen-bond donors (Lipinski definition) is 2. The fraction of sp³-hybridized carbons (Fsp3) is 0.938. The van der Waals surface area contributed by atoms with Gasteiger partial charge < -0.3 is 25.1 Å². The summed E-state index contributed by atoms with van der Waals surface area (Å²) in [6.07, 6.45) is 2.27. The van der Waals surface area contributed by atoms with Crippen LogP contribution in [-0.4, -0.2) is 49.8 Å². The molecule has 6 nitrogen and oxygen atoms in total. The molecule has 1 fully saturated rings. The van der Waals surface area contributed by atoms with Crippen molar-refractivity contribution in [1.29, 1.82) is 0 Å².